The normalized spacial score (nSPS) is 9.61. The van der Waals surface area contributed by atoms with Gasteiger partial charge < -0.3 is 5.11 Å². The second kappa shape index (κ2) is 6.75. The largest absolute Gasteiger partial charge is 0.503 e. The summed E-state index contributed by atoms with van der Waals surface area (Å²) in [7, 11) is 0. The van der Waals surface area contributed by atoms with Crippen LogP contribution in [0.1, 0.15) is 0 Å². The zero-order valence-electron chi connectivity index (χ0n) is 7.85. The number of halogens is 9. The lowest BCUT2D eigenvalue weighted by atomic mass is 10.3. The van der Waals surface area contributed by atoms with E-state index < -0.39 is 44.7 Å². The smallest absolute Gasteiger partial charge is 0.311 e. The number of hydrogen-bond donors (Lipinski definition) is 1. The minimum atomic E-state index is -2.29. The van der Waals surface area contributed by atoms with Crippen LogP contribution in [0.2, 0.25) is 0 Å². The van der Waals surface area contributed by atoms with E-state index in [9.17, 15) is 35.1 Å². The van der Waals surface area contributed by atoms with Crippen LogP contribution >= 0.6 is 22.6 Å². The Labute approximate surface area is 108 Å². The van der Waals surface area contributed by atoms with Crippen LogP contribution in [0.4, 0.5) is 35.1 Å². The zero-order valence-corrected chi connectivity index (χ0v) is 10.0. The van der Waals surface area contributed by atoms with Gasteiger partial charge in [0, 0.05) is 0 Å². The van der Waals surface area contributed by atoms with Crippen LogP contribution in [0, 0.1) is 29.1 Å². The third-order valence-electron chi connectivity index (χ3n) is 1.33. The van der Waals surface area contributed by atoms with E-state index in [1.165, 1.54) is 0 Å². The molecular weight excluding hydrogens is 391 g/mol. The van der Waals surface area contributed by atoms with Crippen LogP contribution in [0.5, 0.6) is 5.75 Å². The van der Waals surface area contributed by atoms with Gasteiger partial charge in [-0.1, -0.05) is 0 Å². The van der Waals surface area contributed by atoms with Crippen LogP contribution in [0.15, 0.2) is 9.91 Å². The molecule has 1 N–H and O–H groups in total. The first-order valence-corrected chi connectivity index (χ1v) is 4.75. The first-order chi connectivity index (χ1) is 8.11. The monoisotopic (exact) mass is 392 g/mol. The lowest BCUT2D eigenvalue weighted by molar-refractivity contribution is 0.325. The second-order valence-corrected chi connectivity index (χ2v) is 3.39. The van der Waals surface area contributed by atoms with Gasteiger partial charge in [0.2, 0.25) is 32.9 Å². The molecule has 10 heteroatoms. The maximum Gasteiger partial charge on any atom is 0.311 e. The van der Waals surface area contributed by atoms with Crippen molar-refractivity contribution in [2.75, 3.05) is 0 Å². The van der Waals surface area contributed by atoms with Crippen molar-refractivity contribution >= 4 is 22.6 Å². The molecule has 1 nitrogen and oxygen atoms in total. The summed E-state index contributed by atoms with van der Waals surface area (Å²) >= 11 is 0.895. The predicted octanol–water partition coefficient (Wildman–Crippen LogP) is 4.54. The Morgan fingerprint density at radius 2 is 0.944 bits per heavy atom. The fourth-order valence-electron chi connectivity index (χ4n) is 0.593. The summed E-state index contributed by atoms with van der Waals surface area (Å²) in [5.74, 6) is -12.9. The van der Waals surface area contributed by atoms with Gasteiger partial charge in [0.25, 0.3) is 0 Å². The summed E-state index contributed by atoms with van der Waals surface area (Å²) in [5.41, 5.74) is 0. The number of phenols is 1. The van der Waals surface area contributed by atoms with E-state index in [2.05, 4.69) is 0 Å². The lowest BCUT2D eigenvalue weighted by Crippen LogP contribution is -2.00. The molecule has 1 rings (SSSR count). The molecule has 102 valence electrons. The van der Waals surface area contributed by atoms with Gasteiger partial charge in [-0.2, -0.15) is 22.0 Å². The average Bonchev–Trinajstić information content (AvgIpc) is 2.32. The molecule has 0 saturated carbocycles. The minimum Gasteiger partial charge on any atom is -0.503 e. The molecule has 0 bridgehead atoms. The number of aromatic hydroxyl groups is 1. The molecule has 0 fully saturated rings. The Kier molecular flexibility index (Phi) is 6.35. The zero-order chi connectivity index (χ0) is 14.6. The molecular formula is C8HF8IO. The van der Waals surface area contributed by atoms with Gasteiger partial charge >= 0.3 is 6.08 Å². The summed E-state index contributed by atoms with van der Waals surface area (Å²) in [6.45, 7) is 0. The first kappa shape index (κ1) is 16.9. The second-order valence-electron chi connectivity index (χ2n) is 2.44. The van der Waals surface area contributed by atoms with Crippen LogP contribution in [-0.2, 0) is 0 Å². The van der Waals surface area contributed by atoms with Crippen LogP contribution < -0.4 is 0 Å². The van der Waals surface area contributed by atoms with Crippen molar-refractivity contribution < 1.29 is 40.2 Å². The van der Waals surface area contributed by atoms with Gasteiger partial charge in [0.1, 0.15) is 0 Å². The van der Waals surface area contributed by atoms with Crippen molar-refractivity contribution in [3.05, 3.63) is 39.0 Å². The van der Waals surface area contributed by atoms with Crippen molar-refractivity contribution in [3.8, 4) is 5.75 Å². The Morgan fingerprint density at radius 3 is 1.17 bits per heavy atom. The van der Waals surface area contributed by atoms with Gasteiger partial charge in [-0.15, -0.1) is 0 Å². The van der Waals surface area contributed by atoms with E-state index in [0.717, 1.165) is 22.6 Å². The fraction of sp³-hybridized carbons (Fsp3) is 0. The molecule has 18 heavy (non-hydrogen) atoms. The first-order valence-electron chi connectivity index (χ1n) is 3.67. The Morgan fingerprint density at radius 1 is 0.722 bits per heavy atom. The van der Waals surface area contributed by atoms with E-state index in [4.69, 9.17) is 5.11 Å². The van der Waals surface area contributed by atoms with Gasteiger partial charge in [0.05, 0.1) is 0 Å². The van der Waals surface area contributed by atoms with Crippen LogP contribution in [0.3, 0.4) is 0 Å². The minimum absolute atomic E-state index is 0.895. The van der Waals surface area contributed by atoms with Gasteiger partial charge in [-0.3, -0.25) is 0 Å². The van der Waals surface area contributed by atoms with Crippen LogP contribution in [0.25, 0.3) is 0 Å². The van der Waals surface area contributed by atoms with Crippen molar-refractivity contribution in [2.45, 2.75) is 0 Å². The summed E-state index contributed by atoms with van der Waals surface area (Å²) in [4.78, 5) is 0. The molecule has 0 unspecified atom stereocenters. The maximum absolute atomic E-state index is 12.2. The lowest BCUT2D eigenvalue weighted by Gasteiger charge is -2.00. The molecule has 0 amide bonds. The Hall–Kier alpha value is -1.07. The highest BCUT2D eigenvalue weighted by Gasteiger charge is 2.24. The maximum atomic E-state index is 12.2. The fourth-order valence-corrected chi connectivity index (χ4v) is 0.593. The summed E-state index contributed by atoms with van der Waals surface area (Å²) < 4.78 is 91.5. The summed E-state index contributed by atoms with van der Waals surface area (Å²) in [5, 5.41) is 8.30. The molecule has 0 aliphatic heterocycles. The van der Waals surface area contributed by atoms with E-state index in [1.54, 1.807) is 0 Å². The van der Waals surface area contributed by atoms with E-state index >= 15 is 0 Å². The van der Waals surface area contributed by atoms with Crippen molar-refractivity contribution in [3.63, 3.8) is 0 Å². The third kappa shape index (κ3) is 3.99. The molecule has 0 atom stereocenters. The van der Waals surface area contributed by atoms with Crippen LogP contribution in [-0.4, -0.2) is 5.11 Å². The SMILES string of the molecule is FC(F)=C(F)I.Oc1c(F)c(F)c(F)c(F)c1F. The topological polar surface area (TPSA) is 20.2 Å². The van der Waals surface area contributed by atoms with E-state index in [-0.39, 0.29) is 0 Å². The molecule has 0 spiro atoms. The van der Waals surface area contributed by atoms with Crippen molar-refractivity contribution in [1.82, 2.24) is 0 Å². The highest BCUT2D eigenvalue weighted by molar-refractivity contribution is 14.1. The summed E-state index contributed by atoms with van der Waals surface area (Å²) in [6, 6.07) is 0. The third-order valence-corrected chi connectivity index (χ3v) is 1.74. The Bertz CT molecular complexity index is 363. The Balaban J connectivity index is 0.000000411. The molecule has 1 aromatic carbocycles. The van der Waals surface area contributed by atoms with Crippen molar-refractivity contribution in [1.29, 1.82) is 0 Å². The number of hydrogen-bond acceptors (Lipinski definition) is 1. The summed E-state index contributed by atoms with van der Waals surface area (Å²) in [6.07, 6.45) is -2.25. The number of rotatable bonds is 0. The standard InChI is InChI=1S/C6HF5O.C2F3I/c7-1-2(8)4(10)6(12)5(11)3(1)9;3-1(4)2(5)6/h12H;. The molecule has 0 saturated heterocycles. The van der Waals surface area contributed by atoms with Crippen molar-refractivity contribution in [2.24, 2.45) is 0 Å². The highest BCUT2D eigenvalue weighted by atomic mass is 127. The van der Waals surface area contributed by atoms with E-state index in [1.807, 2.05) is 0 Å². The van der Waals surface area contributed by atoms with E-state index in [0.29, 0.717) is 0 Å². The molecule has 0 aromatic heterocycles. The molecule has 0 radical (unpaired) electrons. The van der Waals surface area contributed by atoms with Gasteiger partial charge in [0.15, 0.2) is 5.75 Å². The number of benzene rings is 1. The molecule has 1 aromatic rings. The predicted molar refractivity (Wildman–Crippen MR) is 52.3 cm³/mol. The average molecular weight is 392 g/mol. The quantitative estimate of drug-likeness (QED) is 0.298. The van der Waals surface area contributed by atoms with Gasteiger partial charge in [-0.25, -0.2) is 13.2 Å². The van der Waals surface area contributed by atoms with Gasteiger partial charge in [-0.05, 0) is 22.6 Å². The molecule has 0 heterocycles. The number of phenolic OH excluding ortho intramolecular Hbond substituents is 1. The highest BCUT2D eigenvalue weighted by Crippen LogP contribution is 2.27. The molecule has 0 aliphatic rings. The molecule has 0 aliphatic carbocycles.